The number of rotatable bonds is 13. The van der Waals surface area contributed by atoms with Crippen LogP contribution in [0.3, 0.4) is 0 Å². The number of likely N-dealkylation sites (N-methyl/N-ethyl adjacent to an activating group) is 1. The Hall–Kier alpha value is -5.79. The number of amides is 8. The van der Waals surface area contributed by atoms with Gasteiger partial charge in [0.1, 0.15) is 60.4 Å². The van der Waals surface area contributed by atoms with Gasteiger partial charge in [-0.2, -0.15) is 0 Å². The van der Waals surface area contributed by atoms with Gasteiger partial charge in [-0.1, -0.05) is 73.4 Å². The predicted octanol–water partition coefficient (Wildman–Crippen LogP) is 0.206. The Bertz CT molecular complexity index is 1960. The molecule has 0 spiro atoms. The molecule has 2 bridgehead atoms. The van der Waals surface area contributed by atoms with Gasteiger partial charge in [-0.25, -0.2) is 4.79 Å². The standard InChI is InChI=1S/C46H70N8O12/c1-10-24(5)36-46(65)66-39-26(7)22-53(43(62)30(48-27(8)55)16-18-34(47)57)38(39)42(61)50-32(20-23(3)4)40(59)49-31-17-19-35(58)54(44(31)63)37(25(6)11-2)45(64)52(9)33(41(60)51-36)21-28-12-14-29(56)15-13-28/h12-15,23-26,30-33,35-39,56,58H,10-11,16-22H2,1-9H3,(H2,47,57)(H,48,55)(H,49,59)(H,50,61)(H,51,60)/t24-,25-,26-,30-,31-,32?,33-,35+,36-,37?,38-,39-/m0/s1. The van der Waals surface area contributed by atoms with Crippen molar-refractivity contribution in [3.8, 4) is 5.75 Å². The third kappa shape index (κ3) is 12.8. The number of carbonyl (C=O) groups is 9. The number of carbonyl (C=O) groups excluding carboxylic acids is 9. The van der Waals surface area contributed by atoms with Crippen molar-refractivity contribution in [2.75, 3.05) is 13.6 Å². The molecule has 4 rings (SSSR count). The lowest BCUT2D eigenvalue weighted by atomic mass is 9.91. The van der Waals surface area contributed by atoms with E-state index in [1.807, 2.05) is 13.8 Å². The number of piperidine rings is 1. The van der Waals surface area contributed by atoms with Crippen LogP contribution in [0.4, 0.5) is 0 Å². The van der Waals surface area contributed by atoms with Crippen LogP contribution in [0.15, 0.2) is 24.3 Å². The number of phenols is 1. The van der Waals surface area contributed by atoms with Crippen LogP contribution in [0, 0.1) is 23.7 Å². The van der Waals surface area contributed by atoms with Gasteiger partial charge < -0.3 is 56.7 Å². The summed E-state index contributed by atoms with van der Waals surface area (Å²) in [6, 6.07) is -3.48. The maximum atomic E-state index is 14.9. The molecule has 0 aliphatic carbocycles. The SMILES string of the molecule is CC[C@H](C)C1C(=O)N(C)[C@@H](Cc2ccc(O)cc2)C(=O)N[C@@H]([C@@H](C)CC)C(=O)O[C@@H]2[C@@H](C(=O)NC(CC(C)C)C(=O)N[C@H]3CC[C@@H](O)N1C3=O)N(C(=O)[C@H](CCC(N)=O)NC(C)=O)C[C@@H]2C. The molecule has 0 aromatic heterocycles. The Morgan fingerprint density at radius 1 is 0.894 bits per heavy atom. The third-order valence-electron chi connectivity index (χ3n) is 13.1. The zero-order valence-electron chi connectivity index (χ0n) is 39.6. The van der Waals surface area contributed by atoms with Crippen molar-refractivity contribution in [3.63, 3.8) is 0 Å². The molecule has 1 aromatic rings. The summed E-state index contributed by atoms with van der Waals surface area (Å²) in [4.78, 5) is 130. The fourth-order valence-corrected chi connectivity index (χ4v) is 8.91. The molecular formula is C46H70N8O12. The number of aromatic hydroxyl groups is 1. The number of aliphatic hydroxyl groups is 1. The van der Waals surface area contributed by atoms with Crippen LogP contribution in [0.1, 0.15) is 106 Å². The van der Waals surface area contributed by atoms with Crippen molar-refractivity contribution in [2.24, 2.45) is 29.4 Å². The van der Waals surface area contributed by atoms with E-state index >= 15 is 0 Å². The quantitative estimate of drug-likeness (QED) is 0.131. The molecule has 3 saturated heterocycles. The molecule has 366 valence electrons. The van der Waals surface area contributed by atoms with Gasteiger partial charge in [0.2, 0.25) is 47.3 Å². The molecule has 66 heavy (non-hydrogen) atoms. The number of nitrogens with two attached hydrogens (primary N) is 1. The van der Waals surface area contributed by atoms with Crippen LogP contribution in [0.25, 0.3) is 0 Å². The van der Waals surface area contributed by atoms with E-state index in [9.17, 15) is 53.4 Å². The summed E-state index contributed by atoms with van der Waals surface area (Å²) in [6.45, 7) is 13.3. The Kier molecular flexibility index (Phi) is 18.5. The molecule has 3 heterocycles. The highest BCUT2D eigenvalue weighted by Crippen LogP contribution is 2.31. The number of fused-ring (bicyclic) bond motifs is 3. The van der Waals surface area contributed by atoms with E-state index in [4.69, 9.17) is 10.5 Å². The molecular weight excluding hydrogens is 857 g/mol. The lowest BCUT2D eigenvalue weighted by Gasteiger charge is -2.44. The van der Waals surface area contributed by atoms with Crippen molar-refractivity contribution in [2.45, 2.75) is 161 Å². The van der Waals surface area contributed by atoms with Gasteiger partial charge in [-0.15, -0.1) is 0 Å². The minimum Gasteiger partial charge on any atom is -0.508 e. The van der Waals surface area contributed by atoms with Crippen LogP contribution in [0.2, 0.25) is 0 Å². The summed E-state index contributed by atoms with van der Waals surface area (Å²) in [7, 11) is 1.39. The molecule has 20 heteroatoms. The monoisotopic (exact) mass is 927 g/mol. The number of benzene rings is 1. The van der Waals surface area contributed by atoms with Gasteiger partial charge in [0.15, 0.2) is 0 Å². The number of primary amides is 1. The van der Waals surface area contributed by atoms with Crippen molar-refractivity contribution >= 4 is 53.2 Å². The largest absolute Gasteiger partial charge is 0.508 e. The van der Waals surface area contributed by atoms with Gasteiger partial charge in [-0.3, -0.25) is 38.4 Å². The molecule has 0 saturated carbocycles. The number of nitrogens with one attached hydrogen (secondary N) is 4. The molecule has 0 radical (unpaired) electrons. The van der Waals surface area contributed by atoms with Crippen molar-refractivity contribution in [3.05, 3.63) is 29.8 Å². The number of nitrogens with zero attached hydrogens (tertiary/aromatic N) is 3. The number of hydrogen-bond acceptors (Lipinski definition) is 12. The second-order valence-electron chi connectivity index (χ2n) is 18.7. The van der Waals surface area contributed by atoms with Crippen LogP contribution in [0.5, 0.6) is 5.75 Å². The summed E-state index contributed by atoms with van der Waals surface area (Å²) < 4.78 is 6.19. The minimum absolute atomic E-state index is 0.0129. The second-order valence-corrected chi connectivity index (χ2v) is 18.7. The number of likely N-dealkylation sites (tertiary alicyclic amines) is 1. The summed E-state index contributed by atoms with van der Waals surface area (Å²) in [5.41, 5.74) is 5.93. The molecule has 3 aliphatic rings. The molecule has 1 aromatic carbocycles. The summed E-state index contributed by atoms with van der Waals surface area (Å²) in [5, 5.41) is 32.3. The van der Waals surface area contributed by atoms with Crippen molar-refractivity contribution in [1.82, 2.24) is 36.0 Å². The highest BCUT2D eigenvalue weighted by atomic mass is 16.5. The molecule has 3 fully saturated rings. The number of phenolic OH excluding ortho intramolecular Hbond substituents is 1. The molecule has 8 N–H and O–H groups in total. The Labute approximate surface area is 386 Å². The van der Waals surface area contributed by atoms with E-state index in [0.29, 0.717) is 18.4 Å². The fraction of sp³-hybridized carbons (Fsp3) is 0.674. The van der Waals surface area contributed by atoms with Gasteiger partial charge in [0, 0.05) is 39.3 Å². The Morgan fingerprint density at radius 2 is 1.53 bits per heavy atom. The average molecular weight is 927 g/mol. The lowest BCUT2D eigenvalue weighted by molar-refractivity contribution is -0.168. The number of ether oxygens (including phenoxy) is 1. The van der Waals surface area contributed by atoms with Gasteiger partial charge in [-0.05, 0) is 61.1 Å². The third-order valence-corrected chi connectivity index (χ3v) is 13.1. The van der Waals surface area contributed by atoms with Crippen LogP contribution < -0.4 is 27.0 Å². The molecule has 12 atom stereocenters. The van der Waals surface area contributed by atoms with E-state index in [-0.39, 0.29) is 56.7 Å². The van der Waals surface area contributed by atoms with Crippen molar-refractivity contribution < 1.29 is 58.1 Å². The Balaban J connectivity index is 1.93. The predicted molar refractivity (Wildman–Crippen MR) is 239 cm³/mol. The number of esters is 1. The topological polar surface area (TPSA) is 287 Å². The first kappa shape index (κ1) is 52.8. The molecule has 20 nitrogen and oxygen atoms in total. The summed E-state index contributed by atoms with van der Waals surface area (Å²) in [5.74, 6) is -9.06. The van der Waals surface area contributed by atoms with E-state index < -0.39 is 126 Å². The smallest absolute Gasteiger partial charge is 0.329 e. The number of hydrogen-bond donors (Lipinski definition) is 7. The summed E-state index contributed by atoms with van der Waals surface area (Å²) in [6.07, 6.45) is -2.68. The highest BCUT2D eigenvalue weighted by Gasteiger charge is 2.52. The normalized spacial score (nSPS) is 28.4. The van der Waals surface area contributed by atoms with Gasteiger partial charge >= 0.3 is 5.97 Å². The maximum Gasteiger partial charge on any atom is 0.329 e. The van der Waals surface area contributed by atoms with Crippen LogP contribution in [-0.2, 0) is 54.3 Å². The maximum absolute atomic E-state index is 14.9. The lowest BCUT2D eigenvalue weighted by Crippen LogP contribution is -2.66. The van der Waals surface area contributed by atoms with Gasteiger partial charge in [0.05, 0.1) is 0 Å². The molecule has 3 aliphatic heterocycles. The van der Waals surface area contributed by atoms with Crippen LogP contribution >= 0.6 is 0 Å². The first-order valence-corrected chi connectivity index (χ1v) is 23.0. The second kappa shape index (κ2) is 23.1. The number of aliphatic hydroxyl groups excluding tert-OH is 1. The van der Waals surface area contributed by atoms with Crippen LogP contribution in [-0.4, -0.2) is 146 Å². The van der Waals surface area contributed by atoms with Gasteiger partial charge in [0.25, 0.3) is 0 Å². The first-order chi connectivity index (χ1) is 31.0. The zero-order chi connectivity index (χ0) is 49.3. The molecule has 2 unspecified atom stereocenters. The van der Waals surface area contributed by atoms with E-state index in [0.717, 1.165) is 9.80 Å². The van der Waals surface area contributed by atoms with E-state index in [2.05, 4.69) is 21.3 Å². The Morgan fingerprint density at radius 3 is 2.11 bits per heavy atom. The molecule has 8 amide bonds. The first-order valence-electron chi connectivity index (χ1n) is 23.0. The van der Waals surface area contributed by atoms with Crippen molar-refractivity contribution in [1.29, 1.82) is 0 Å². The van der Waals surface area contributed by atoms with E-state index in [1.54, 1.807) is 46.8 Å². The fourth-order valence-electron chi connectivity index (χ4n) is 8.91. The summed E-state index contributed by atoms with van der Waals surface area (Å²) >= 11 is 0. The van der Waals surface area contributed by atoms with E-state index in [1.165, 1.54) is 31.0 Å². The average Bonchev–Trinajstić information content (AvgIpc) is 3.58. The highest BCUT2D eigenvalue weighted by molar-refractivity contribution is 5.98. The minimum atomic E-state index is -1.59. The zero-order valence-corrected chi connectivity index (χ0v) is 39.6.